The molecule has 2 aromatic carbocycles. The lowest BCUT2D eigenvalue weighted by molar-refractivity contribution is -0.153. The summed E-state index contributed by atoms with van der Waals surface area (Å²) in [6, 6.07) is 13.3. The van der Waals surface area contributed by atoms with Gasteiger partial charge in [-0.05, 0) is 51.0 Å². The number of carbonyl (C=O) groups excluding carboxylic acids is 2. The van der Waals surface area contributed by atoms with Crippen molar-refractivity contribution in [2.45, 2.75) is 40.2 Å². The number of para-hydroxylation sites is 1. The molecule has 0 saturated carbocycles. The molecule has 2 aromatic rings. The van der Waals surface area contributed by atoms with Gasteiger partial charge in [-0.15, -0.1) is 0 Å². The van der Waals surface area contributed by atoms with E-state index >= 15 is 0 Å². The summed E-state index contributed by atoms with van der Waals surface area (Å²) < 4.78 is 10.8. The molecule has 0 fully saturated rings. The quantitative estimate of drug-likeness (QED) is 0.764. The lowest BCUT2D eigenvalue weighted by Gasteiger charge is -2.15. The van der Waals surface area contributed by atoms with Crippen molar-refractivity contribution in [1.29, 1.82) is 0 Å². The topological polar surface area (TPSA) is 64.6 Å². The van der Waals surface area contributed by atoms with Gasteiger partial charge in [0.25, 0.3) is 5.91 Å². The first kappa shape index (κ1) is 19.5. The molecule has 1 N–H and O–H groups in total. The number of aryl methyl sites for hydroxylation is 3. The summed E-state index contributed by atoms with van der Waals surface area (Å²) in [5, 5.41) is 2.78. The molecule has 0 aliphatic heterocycles. The Morgan fingerprint density at radius 1 is 1.04 bits per heavy atom. The highest BCUT2D eigenvalue weighted by molar-refractivity contribution is 5.95. The maximum atomic E-state index is 12.2. The summed E-state index contributed by atoms with van der Waals surface area (Å²) in [6.07, 6.45) is -0.795. The highest BCUT2D eigenvalue weighted by atomic mass is 16.5. The summed E-state index contributed by atoms with van der Waals surface area (Å²) in [6.45, 7) is 7.60. The van der Waals surface area contributed by atoms with Crippen LogP contribution in [0, 0.1) is 20.8 Å². The predicted molar refractivity (Wildman–Crippen MR) is 101 cm³/mol. The Balaban J connectivity index is 1.78. The smallest absolute Gasteiger partial charge is 0.310 e. The van der Waals surface area contributed by atoms with Crippen LogP contribution < -0.4 is 10.1 Å². The van der Waals surface area contributed by atoms with Crippen molar-refractivity contribution in [1.82, 2.24) is 0 Å². The predicted octanol–water partition coefficient (Wildman–Crippen LogP) is 3.95. The highest BCUT2D eigenvalue weighted by Crippen LogP contribution is 2.17. The zero-order valence-electron chi connectivity index (χ0n) is 15.7. The van der Waals surface area contributed by atoms with Gasteiger partial charge in [0, 0.05) is 5.69 Å². The van der Waals surface area contributed by atoms with Gasteiger partial charge in [-0.1, -0.05) is 35.9 Å². The van der Waals surface area contributed by atoms with Crippen LogP contribution in [0.25, 0.3) is 0 Å². The summed E-state index contributed by atoms with van der Waals surface area (Å²) in [5.41, 5.74) is 3.80. The molecule has 5 nitrogen and oxygen atoms in total. The molecule has 0 aromatic heterocycles. The van der Waals surface area contributed by atoms with Crippen molar-refractivity contribution < 1.29 is 19.1 Å². The van der Waals surface area contributed by atoms with Gasteiger partial charge >= 0.3 is 5.97 Å². The van der Waals surface area contributed by atoms with E-state index in [4.69, 9.17) is 9.47 Å². The minimum atomic E-state index is -0.873. The van der Waals surface area contributed by atoms with Crippen molar-refractivity contribution in [2.75, 3.05) is 11.9 Å². The Hall–Kier alpha value is -2.82. The van der Waals surface area contributed by atoms with E-state index in [0.717, 1.165) is 22.4 Å². The van der Waals surface area contributed by atoms with Crippen LogP contribution >= 0.6 is 0 Å². The van der Waals surface area contributed by atoms with E-state index in [9.17, 15) is 9.59 Å². The van der Waals surface area contributed by atoms with Crippen LogP contribution in [0.5, 0.6) is 5.75 Å². The molecule has 0 heterocycles. The van der Waals surface area contributed by atoms with E-state index in [2.05, 4.69) is 5.32 Å². The number of ether oxygens (including phenoxy) is 2. The molecule has 0 spiro atoms. The molecule has 1 atom stereocenters. The fourth-order valence-electron chi connectivity index (χ4n) is 2.46. The standard InChI is InChI=1S/C21H25NO4/c1-14-9-10-18(16(3)13-14)22-21(24)17(4)26-20(23)11-12-25-19-8-6-5-7-15(19)2/h5-10,13,17H,11-12H2,1-4H3,(H,22,24)/t17-/m1/s1. The first-order valence-electron chi connectivity index (χ1n) is 8.63. The van der Waals surface area contributed by atoms with E-state index in [1.165, 1.54) is 0 Å². The second-order valence-corrected chi connectivity index (χ2v) is 6.30. The fourth-order valence-corrected chi connectivity index (χ4v) is 2.46. The zero-order valence-corrected chi connectivity index (χ0v) is 15.7. The number of carbonyl (C=O) groups is 2. The van der Waals surface area contributed by atoms with Crippen LogP contribution in [0.1, 0.15) is 30.0 Å². The van der Waals surface area contributed by atoms with E-state index < -0.39 is 12.1 Å². The minimum Gasteiger partial charge on any atom is -0.493 e. The number of esters is 1. The van der Waals surface area contributed by atoms with Crippen LogP contribution in [0.3, 0.4) is 0 Å². The average Bonchev–Trinajstić information content (AvgIpc) is 2.59. The monoisotopic (exact) mass is 355 g/mol. The maximum absolute atomic E-state index is 12.2. The van der Waals surface area contributed by atoms with Crippen molar-refractivity contribution in [2.24, 2.45) is 0 Å². The minimum absolute atomic E-state index is 0.0789. The average molecular weight is 355 g/mol. The first-order valence-corrected chi connectivity index (χ1v) is 8.63. The van der Waals surface area contributed by atoms with Gasteiger partial charge in [-0.25, -0.2) is 0 Å². The molecule has 138 valence electrons. The van der Waals surface area contributed by atoms with Crippen molar-refractivity contribution in [3.8, 4) is 5.75 Å². The van der Waals surface area contributed by atoms with Gasteiger partial charge in [-0.3, -0.25) is 9.59 Å². The lowest BCUT2D eigenvalue weighted by atomic mass is 10.1. The van der Waals surface area contributed by atoms with E-state index in [0.29, 0.717) is 5.69 Å². The number of rotatable bonds is 7. The largest absolute Gasteiger partial charge is 0.493 e. The molecule has 0 aliphatic rings. The number of nitrogens with one attached hydrogen (secondary N) is 1. The van der Waals surface area contributed by atoms with Crippen LogP contribution in [0.2, 0.25) is 0 Å². The summed E-state index contributed by atoms with van der Waals surface area (Å²) in [7, 11) is 0. The number of benzene rings is 2. The van der Waals surface area contributed by atoms with Crippen LogP contribution in [0.4, 0.5) is 5.69 Å². The highest BCUT2D eigenvalue weighted by Gasteiger charge is 2.18. The zero-order chi connectivity index (χ0) is 19.1. The first-order chi connectivity index (χ1) is 12.4. The summed E-state index contributed by atoms with van der Waals surface area (Å²) in [5.74, 6) is -0.0899. The van der Waals surface area contributed by atoms with Crippen LogP contribution in [-0.4, -0.2) is 24.6 Å². The number of anilines is 1. The Labute approximate surface area is 154 Å². The fraction of sp³-hybridized carbons (Fsp3) is 0.333. The van der Waals surface area contributed by atoms with Crippen LogP contribution in [0.15, 0.2) is 42.5 Å². The van der Waals surface area contributed by atoms with E-state index in [1.54, 1.807) is 6.92 Å². The van der Waals surface area contributed by atoms with Gasteiger partial charge in [0.1, 0.15) is 5.75 Å². The van der Waals surface area contributed by atoms with Gasteiger partial charge in [-0.2, -0.15) is 0 Å². The third-order valence-electron chi connectivity index (χ3n) is 3.97. The SMILES string of the molecule is Cc1ccc(NC(=O)[C@@H](C)OC(=O)CCOc2ccccc2C)c(C)c1. The molecule has 0 saturated heterocycles. The van der Waals surface area contributed by atoms with Crippen LogP contribution in [-0.2, 0) is 14.3 Å². The van der Waals surface area contributed by atoms with Crippen molar-refractivity contribution >= 4 is 17.6 Å². The molecule has 0 unspecified atom stereocenters. The molecular formula is C21H25NO4. The Bertz CT molecular complexity index is 785. The molecule has 0 radical (unpaired) electrons. The number of hydrogen-bond acceptors (Lipinski definition) is 4. The molecule has 26 heavy (non-hydrogen) atoms. The third-order valence-corrected chi connectivity index (χ3v) is 3.97. The Kier molecular flexibility index (Phi) is 6.78. The second-order valence-electron chi connectivity index (χ2n) is 6.30. The van der Waals surface area contributed by atoms with Gasteiger partial charge in [0.15, 0.2) is 6.10 Å². The number of hydrogen-bond donors (Lipinski definition) is 1. The van der Waals surface area contributed by atoms with Gasteiger partial charge in [0.05, 0.1) is 13.0 Å². The maximum Gasteiger partial charge on any atom is 0.310 e. The van der Waals surface area contributed by atoms with E-state index in [1.807, 2.05) is 63.2 Å². The van der Waals surface area contributed by atoms with Gasteiger partial charge < -0.3 is 14.8 Å². The summed E-state index contributed by atoms with van der Waals surface area (Å²) >= 11 is 0. The molecule has 0 aliphatic carbocycles. The second kappa shape index (κ2) is 9.04. The Morgan fingerprint density at radius 2 is 1.77 bits per heavy atom. The molecule has 2 rings (SSSR count). The summed E-state index contributed by atoms with van der Waals surface area (Å²) in [4.78, 5) is 24.1. The normalized spacial score (nSPS) is 11.5. The van der Waals surface area contributed by atoms with Gasteiger partial charge in [0.2, 0.25) is 0 Å². The molecular weight excluding hydrogens is 330 g/mol. The molecule has 1 amide bonds. The third kappa shape index (κ3) is 5.62. The molecule has 0 bridgehead atoms. The number of amides is 1. The molecule has 5 heteroatoms. The van der Waals surface area contributed by atoms with Crippen molar-refractivity contribution in [3.05, 3.63) is 59.2 Å². The Morgan fingerprint density at radius 3 is 2.46 bits per heavy atom. The lowest BCUT2D eigenvalue weighted by Crippen LogP contribution is -2.30. The van der Waals surface area contributed by atoms with Crippen molar-refractivity contribution in [3.63, 3.8) is 0 Å². The van der Waals surface area contributed by atoms with E-state index in [-0.39, 0.29) is 18.9 Å².